The van der Waals surface area contributed by atoms with Crippen molar-refractivity contribution < 1.29 is 0 Å². The molecule has 1 aliphatic carbocycles. The Morgan fingerprint density at radius 3 is 2.76 bits per heavy atom. The first-order chi connectivity index (χ1) is 12.2. The number of anilines is 1. The van der Waals surface area contributed by atoms with Crippen LogP contribution in [0.5, 0.6) is 0 Å². The Morgan fingerprint density at radius 2 is 2.00 bits per heavy atom. The molecule has 5 nitrogen and oxygen atoms in total. The van der Waals surface area contributed by atoms with E-state index in [0.717, 1.165) is 32.5 Å². The Balaban J connectivity index is 1.74. The number of fused-ring (bicyclic) bond motifs is 3. The van der Waals surface area contributed by atoms with Crippen LogP contribution >= 0.6 is 11.3 Å². The van der Waals surface area contributed by atoms with Crippen LogP contribution in [0.3, 0.4) is 0 Å². The molecule has 3 aromatic heterocycles. The molecule has 0 saturated heterocycles. The number of thiophene rings is 1. The average Bonchev–Trinajstić information content (AvgIpc) is 3.34. The van der Waals surface area contributed by atoms with Crippen LogP contribution in [0.4, 0.5) is 5.69 Å². The molecule has 0 aliphatic heterocycles. The highest BCUT2D eigenvalue weighted by Gasteiger charge is 2.23. The summed E-state index contributed by atoms with van der Waals surface area (Å²) in [6, 6.07) is 10.3. The number of hydrogen-bond acceptors (Lipinski definition) is 5. The maximum absolute atomic E-state index is 13.0. The van der Waals surface area contributed by atoms with Gasteiger partial charge in [0.05, 0.1) is 11.9 Å². The van der Waals surface area contributed by atoms with Gasteiger partial charge in [-0.05, 0) is 38.0 Å². The van der Waals surface area contributed by atoms with Gasteiger partial charge in [-0.1, -0.05) is 17.7 Å². The smallest absolute Gasteiger partial charge is 0.289 e. The molecule has 4 aromatic rings. The van der Waals surface area contributed by atoms with E-state index in [1.165, 1.54) is 28.9 Å². The molecule has 0 spiro atoms. The maximum atomic E-state index is 13.0. The van der Waals surface area contributed by atoms with Crippen LogP contribution in [-0.4, -0.2) is 20.8 Å². The van der Waals surface area contributed by atoms with Crippen molar-refractivity contribution in [1.82, 2.24) is 14.8 Å². The first-order valence-electron chi connectivity index (χ1n) is 8.34. The van der Waals surface area contributed by atoms with Gasteiger partial charge in [0.15, 0.2) is 0 Å². The fourth-order valence-corrected chi connectivity index (χ4v) is 4.10. The summed E-state index contributed by atoms with van der Waals surface area (Å²) in [4.78, 5) is 18.3. The van der Waals surface area contributed by atoms with E-state index in [2.05, 4.69) is 15.4 Å². The van der Waals surface area contributed by atoms with Crippen LogP contribution in [-0.2, 0) is 0 Å². The van der Waals surface area contributed by atoms with Crippen molar-refractivity contribution in [2.45, 2.75) is 25.8 Å². The van der Waals surface area contributed by atoms with Crippen molar-refractivity contribution in [3.63, 3.8) is 0 Å². The molecule has 1 fully saturated rings. The number of aromatic nitrogens is 3. The van der Waals surface area contributed by atoms with Crippen molar-refractivity contribution in [2.24, 2.45) is 0 Å². The van der Waals surface area contributed by atoms with Gasteiger partial charge in [-0.2, -0.15) is 9.78 Å². The third-order valence-electron chi connectivity index (χ3n) is 4.53. The lowest BCUT2D eigenvalue weighted by atomic mass is 10.2. The van der Waals surface area contributed by atoms with E-state index in [1.807, 2.05) is 37.3 Å². The zero-order valence-corrected chi connectivity index (χ0v) is 14.5. The van der Waals surface area contributed by atoms with Gasteiger partial charge in [0.2, 0.25) is 0 Å². The molecule has 0 radical (unpaired) electrons. The second-order valence-corrected chi connectivity index (χ2v) is 7.50. The highest BCUT2D eigenvalue weighted by atomic mass is 32.1. The quantitative estimate of drug-likeness (QED) is 0.610. The van der Waals surface area contributed by atoms with Gasteiger partial charge in [-0.15, -0.1) is 11.3 Å². The zero-order chi connectivity index (χ0) is 17.0. The van der Waals surface area contributed by atoms with Crippen molar-refractivity contribution in [3.05, 3.63) is 58.6 Å². The predicted molar refractivity (Wildman–Crippen MR) is 102 cm³/mol. The minimum absolute atomic E-state index is 0.0956. The molecule has 1 aliphatic rings. The number of pyridine rings is 1. The molecule has 3 heterocycles. The van der Waals surface area contributed by atoms with Crippen LogP contribution < -0.4 is 10.9 Å². The number of nitrogens with one attached hydrogen (secondary N) is 1. The van der Waals surface area contributed by atoms with Crippen LogP contribution in [0.1, 0.15) is 18.4 Å². The van der Waals surface area contributed by atoms with Crippen LogP contribution in [0.15, 0.2) is 47.5 Å². The Hall–Kier alpha value is -2.73. The van der Waals surface area contributed by atoms with Gasteiger partial charge in [0, 0.05) is 28.7 Å². The van der Waals surface area contributed by atoms with Crippen LogP contribution in [0.25, 0.3) is 26.0 Å². The average molecular weight is 348 g/mol. The number of hydrogen-bond donors (Lipinski definition) is 1. The molecule has 25 heavy (non-hydrogen) atoms. The topological polar surface area (TPSA) is 59.8 Å². The van der Waals surface area contributed by atoms with E-state index in [9.17, 15) is 4.79 Å². The summed E-state index contributed by atoms with van der Waals surface area (Å²) >= 11 is 1.44. The van der Waals surface area contributed by atoms with E-state index < -0.39 is 0 Å². The molecule has 0 amide bonds. The lowest BCUT2D eigenvalue weighted by molar-refractivity contribution is 0.823. The van der Waals surface area contributed by atoms with Gasteiger partial charge >= 0.3 is 0 Å². The number of benzene rings is 1. The predicted octanol–water partition coefficient (Wildman–Crippen LogP) is 3.88. The van der Waals surface area contributed by atoms with E-state index >= 15 is 0 Å². The Kier molecular flexibility index (Phi) is 3.15. The lowest BCUT2D eigenvalue weighted by Gasteiger charge is -2.07. The summed E-state index contributed by atoms with van der Waals surface area (Å²) in [5.74, 6) is 0. The van der Waals surface area contributed by atoms with Gasteiger partial charge < -0.3 is 5.32 Å². The zero-order valence-electron chi connectivity index (χ0n) is 13.7. The molecule has 124 valence electrons. The second-order valence-electron chi connectivity index (χ2n) is 6.50. The van der Waals surface area contributed by atoms with Crippen molar-refractivity contribution in [2.75, 3.05) is 5.32 Å². The molecular formula is C19H16N4OS. The van der Waals surface area contributed by atoms with E-state index in [0.29, 0.717) is 10.7 Å². The molecule has 6 heteroatoms. The van der Waals surface area contributed by atoms with Gasteiger partial charge in [0.25, 0.3) is 5.56 Å². The highest BCUT2D eigenvalue weighted by molar-refractivity contribution is 7.25. The highest BCUT2D eigenvalue weighted by Crippen LogP contribution is 2.37. The Labute approximate surface area is 147 Å². The number of nitrogens with zero attached hydrogens (tertiary/aromatic N) is 3. The first kappa shape index (κ1) is 14.6. The second kappa shape index (κ2) is 5.39. The first-order valence-corrected chi connectivity index (χ1v) is 9.15. The van der Waals surface area contributed by atoms with Crippen molar-refractivity contribution >= 4 is 37.3 Å². The normalized spacial score (nSPS) is 14.3. The maximum Gasteiger partial charge on any atom is 0.289 e. The van der Waals surface area contributed by atoms with Crippen molar-refractivity contribution in [1.29, 1.82) is 0 Å². The molecule has 0 unspecified atom stereocenters. The Morgan fingerprint density at radius 1 is 1.20 bits per heavy atom. The van der Waals surface area contributed by atoms with E-state index in [-0.39, 0.29) is 5.56 Å². The van der Waals surface area contributed by atoms with Crippen LogP contribution in [0, 0.1) is 6.92 Å². The molecule has 0 atom stereocenters. The molecular weight excluding hydrogens is 332 g/mol. The SMILES string of the molecule is Cc1ccc(-n2ncc3c(sc4nccc(NC5CC5)c43)c2=O)cc1. The van der Waals surface area contributed by atoms with Crippen molar-refractivity contribution in [3.8, 4) is 5.69 Å². The molecule has 5 rings (SSSR count). The summed E-state index contributed by atoms with van der Waals surface area (Å²) in [6.45, 7) is 2.02. The molecule has 0 bridgehead atoms. The fraction of sp³-hybridized carbons (Fsp3) is 0.211. The summed E-state index contributed by atoms with van der Waals surface area (Å²) < 4.78 is 2.16. The lowest BCUT2D eigenvalue weighted by Crippen LogP contribution is -2.19. The van der Waals surface area contributed by atoms with E-state index in [4.69, 9.17) is 0 Å². The third kappa shape index (κ3) is 2.41. The summed E-state index contributed by atoms with van der Waals surface area (Å²) in [5, 5.41) is 9.85. The molecule has 1 saturated carbocycles. The minimum Gasteiger partial charge on any atom is -0.382 e. The van der Waals surface area contributed by atoms with Gasteiger partial charge in [-0.25, -0.2) is 4.98 Å². The standard InChI is InChI=1S/C19H16N4OS/c1-11-2-6-13(7-3-11)23-19(24)17-14(10-21-23)16-15(22-12-4-5-12)8-9-20-18(16)25-17/h2-3,6-10,12H,4-5H2,1H3,(H,20,22). The minimum atomic E-state index is -0.0956. The van der Waals surface area contributed by atoms with E-state index in [1.54, 1.807) is 12.4 Å². The third-order valence-corrected chi connectivity index (χ3v) is 5.63. The Bertz CT molecular complexity index is 1160. The monoisotopic (exact) mass is 348 g/mol. The van der Waals surface area contributed by atoms with Crippen LogP contribution in [0.2, 0.25) is 0 Å². The molecule has 1 N–H and O–H groups in total. The fourth-order valence-electron chi connectivity index (χ4n) is 3.03. The number of rotatable bonds is 3. The summed E-state index contributed by atoms with van der Waals surface area (Å²) in [7, 11) is 0. The number of aryl methyl sites for hydroxylation is 1. The van der Waals surface area contributed by atoms with Gasteiger partial charge in [0.1, 0.15) is 9.53 Å². The largest absolute Gasteiger partial charge is 0.382 e. The summed E-state index contributed by atoms with van der Waals surface area (Å²) in [5.41, 5.74) is 2.88. The molecule has 1 aromatic carbocycles. The van der Waals surface area contributed by atoms with Gasteiger partial charge in [-0.3, -0.25) is 4.79 Å². The summed E-state index contributed by atoms with van der Waals surface area (Å²) in [6.07, 6.45) is 5.98.